The van der Waals surface area contributed by atoms with Crippen molar-refractivity contribution in [3.8, 4) is 0 Å². The second kappa shape index (κ2) is 5.55. The number of carboxylic acids is 1. The molecule has 2 rings (SSSR count). The van der Waals surface area contributed by atoms with E-state index < -0.39 is 11.5 Å². The van der Waals surface area contributed by atoms with Crippen LogP contribution in [0.5, 0.6) is 0 Å². The van der Waals surface area contributed by atoms with Crippen molar-refractivity contribution in [3.05, 3.63) is 30.0 Å². The molecule has 2 aromatic rings. The topological polar surface area (TPSA) is 86.3 Å². The summed E-state index contributed by atoms with van der Waals surface area (Å²) in [6, 6.07) is 5.29. The first-order chi connectivity index (χ1) is 9.79. The summed E-state index contributed by atoms with van der Waals surface area (Å²) in [6.45, 7) is 5.86. The van der Waals surface area contributed by atoms with Crippen LogP contribution < -0.4 is 0 Å². The number of nitrogens with one attached hydrogen (secondary N) is 1. The maximum absolute atomic E-state index is 12.7. The van der Waals surface area contributed by atoms with Crippen LogP contribution in [-0.2, 0) is 4.79 Å². The van der Waals surface area contributed by atoms with Crippen LogP contribution in [0.25, 0.3) is 10.9 Å². The first-order valence-corrected chi connectivity index (χ1v) is 6.76. The van der Waals surface area contributed by atoms with Crippen LogP contribution in [0.2, 0.25) is 0 Å². The number of hydrogen-bond donors (Lipinski definition) is 2. The van der Waals surface area contributed by atoms with Crippen LogP contribution in [-0.4, -0.2) is 44.2 Å². The zero-order valence-corrected chi connectivity index (χ0v) is 12.4. The first kappa shape index (κ1) is 15.0. The third-order valence-electron chi connectivity index (χ3n) is 3.29. The van der Waals surface area contributed by atoms with E-state index in [1.165, 1.54) is 0 Å². The molecule has 0 bridgehead atoms. The Kier molecular flexibility index (Phi) is 3.97. The maximum Gasteiger partial charge on any atom is 0.305 e. The van der Waals surface area contributed by atoms with E-state index >= 15 is 0 Å². The summed E-state index contributed by atoms with van der Waals surface area (Å²) >= 11 is 0. The third-order valence-corrected chi connectivity index (χ3v) is 3.29. The Morgan fingerprint density at radius 1 is 1.33 bits per heavy atom. The quantitative estimate of drug-likeness (QED) is 0.904. The van der Waals surface area contributed by atoms with Crippen LogP contribution in [0.15, 0.2) is 24.4 Å². The zero-order chi connectivity index (χ0) is 15.6. The van der Waals surface area contributed by atoms with Crippen LogP contribution in [0, 0.1) is 0 Å². The van der Waals surface area contributed by atoms with Crippen molar-refractivity contribution in [3.63, 3.8) is 0 Å². The van der Waals surface area contributed by atoms with Crippen molar-refractivity contribution in [1.29, 1.82) is 0 Å². The van der Waals surface area contributed by atoms with E-state index in [0.29, 0.717) is 5.56 Å². The van der Waals surface area contributed by atoms with Gasteiger partial charge < -0.3 is 10.0 Å². The highest BCUT2D eigenvalue weighted by Crippen LogP contribution is 2.20. The number of aromatic amines is 1. The second-order valence-electron chi connectivity index (χ2n) is 5.94. The van der Waals surface area contributed by atoms with Gasteiger partial charge in [0.2, 0.25) is 0 Å². The molecular weight excluding hydrogens is 270 g/mol. The molecule has 0 aliphatic carbocycles. The number of H-pyrrole nitrogens is 1. The number of carboxylic acid groups (broad SMARTS) is 1. The average molecular weight is 289 g/mol. The molecule has 0 saturated carbocycles. The van der Waals surface area contributed by atoms with Crippen molar-refractivity contribution >= 4 is 22.8 Å². The minimum Gasteiger partial charge on any atom is -0.481 e. The number of aromatic nitrogens is 2. The summed E-state index contributed by atoms with van der Waals surface area (Å²) in [5.74, 6) is -1.09. The SMILES string of the molecule is CC(C)(C)N(CCC(=O)O)C(=O)c1ccc2[nH]ncc2c1. The summed E-state index contributed by atoms with van der Waals surface area (Å²) in [5, 5.41) is 16.5. The number of benzene rings is 1. The van der Waals surface area contributed by atoms with Gasteiger partial charge in [-0.1, -0.05) is 0 Å². The highest BCUT2D eigenvalue weighted by atomic mass is 16.4. The number of aliphatic carboxylic acids is 1. The van der Waals surface area contributed by atoms with Gasteiger partial charge in [0.1, 0.15) is 0 Å². The fourth-order valence-electron chi connectivity index (χ4n) is 2.18. The van der Waals surface area contributed by atoms with Gasteiger partial charge in [0.25, 0.3) is 5.91 Å². The lowest BCUT2D eigenvalue weighted by atomic mass is 10.0. The Hall–Kier alpha value is -2.37. The van der Waals surface area contributed by atoms with E-state index in [1.807, 2.05) is 20.8 Å². The first-order valence-electron chi connectivity index (χ1n) is 6.76. The fourth-order valence-corrected chi connectivity index (χ4v) is 2.18. The molecule has 0 radical (unpaired) electrons. The van der Waals surface area contributed by atoms with Crippen LogP contribution >= 0.6 is 0 Å². The monoisotopic (exact) mass is 289 g/mol. The summed E-state index contributed by atoms with van der Waals surface area (Å²) in [5.41, 5.74) is 0.946. The van der Waals surface area contributed by atoms with Gasteiger partial charge >= 0.3 is 5.97 Å². The molecule has 0 aliphatic heterocycles. The van der Waals surface area contributed by atoms with Gasteiger partial charge in [0.05, 0.1) is 18.1 Å². The molecule has 0 aliphatic rings. The minimum atomic E-state index is -0.915. The van der Waals surface area contributed by atoms with Crippen molar-refractivity contribution in [2.45, 2.75) is 32.7 Å². The number of hydrogen-bond acceptors (Lipinski definition) is 3. The molecule has 1 aromatic heterocycles. The highest BCUT2D eigenvalue weighted by molar-refractivity contribution is 5.98. The number of fused-ring (bicyclic) bond motifs is 1. The van der Waals surface area contributed by atoms with Gasteiger partial charge in [-0.25, -0.2) is 0 Å². The van der Waals surface area contributed by atoms with E-state index in [2.05, 4.69) is 10.2 Å². The lowest BCUT2D eigenvalue weighted by Gasteiger charge is -2.35. The zero-order valence-electron chi connectivity index (χ0n) is 12.4. The van der Waals surface area contributed by atoms with Crippen molar-refractivity contribution in [1.82, 2.24) is 15.1 Å². The normalized spacial score (nSPS) is 11.6. The number of carbonyl (C=O) groups is 2. The average Bonchev–Trinajstić information content (AvgIpc) is 2.83. The summed E-state index contributed by atoms with van der Waals surface area (Å²) in [7, 11) is 0. The molecule has 2 N–H and O–H groups in total. The van der Waals surface area contributed by atoms with E-state index in [9.17, 15) is 9.59 Å². The van der Waals surface area contributed by atoms with Gasteiger partial charge in [-0.2, -0.15) is 5.10 Å². The molecule has 112 valence electrons. The number of rotatable bonds is 4. The fraction of sp³-hybridized carbons (Fsp3) is 0.400. The smallest absolute Gasteiger partial charge is 0.305 e. The third kappa shape index (κ3) is 3.39. The van der Waals surface area contributed by atoms with Crippen LogP contribution in [0.1, 0.15) is 37.6 Å². The lowest BCUT2D eigenvalue weighted by Crippen LogP contribution is -2.46. The van der Waals surface area contributed by atoms with E-state index in [-0.39, 0.29) is 18.9 Å². The molecule has 0 saturated heterocycles. The predicted octanol–water partition coefficient (Wildman–Crippen LogP) is 2.28. The second-order valence-corrected chi connectivity index (χ2v) is 5.94. The highest BCUT2D eigenvalue weighted by Gasteiger charge is 2.27. The molecule has 1 amide bonds. The number of nitrogens with zero attached hydrogens (tertiary/aromatic N) is 2. The van der Waals surface area contributed by atoms with E-state index in [4.69, 9.17) is 5.11 Å². The Labute approximate surface area is 122 Å². The van der Waals surface area contributed by atoms with E-state index in [1.54, 1.807) is 29.3 Å². The molecule has 0 atom stereocenters. The number of carbonyl (C=O) groups excluding carboxylic acids is 1. The predicted molar refractivity (Wildman–Crippen MR) is 79.1 cm³/mol. The van der Waals surface area contributed by atoms with Gasteiger partial charge in [0.15, 0.2) is 0 Å². The Balaban J connectivity index is 2.29. The molecule has 6 nitrogen and oxygen atoms in total. The van der Waals surface area contributed by atoms with Gasteiger partial charge in [-0.3, -0.25) is 14.7 Å². The number of amides is 1. The van der Waals surface area contributed by atoms with Gasteiger partial charge in [-0.05, 0) is 39.0 Å². The van der Waals surface area contributed by atoms with Crippen LogP contribution in [0.3, 0.4) is 0 Å². The standard InChI is InChI=1S/C15H19N3O3/c1-15(2,3)18(7-6-13(19)20)14(21)10-4-5-12-11(8-10)9-16-17-12/h4-5,8-9H,6-7H2,1-3H3,(H,16,17)(H,19,20). The molecule has 1 aromatic carbocycles. The van der Waals surface area contributed by atoms with Crippen molar-refractivity contribution in [2.24, 2.45) is 0 Å². The van der Waals surface area contributed by atoms with Gasteiger partial charge in [0, 0.05) is 23.0 Å². The lowest BCUT2D eigenvalue weighted by molar-refractivity contribution is -0.137. The molecule has 1 heterocycles. The molecule has 21 heavy (non-hydrogen) atoms. The molecule has 0 spiro atoms. The van der Waals surface area contributed by atoms with Crippen molar-refractivity contribution in [2.75, 3.05) is 6.54 Å². The summed E-state index contributed by atoms with van der Waals surface area (Å²) < 4.78 is 0. The van der Waals surface area contributed by atoms with E-state index in [0.717, 1.165) is 10.9 Å². The maximum atomic E-state index is 12.7. The van der Waals surface area contributed by atoms with Gasteiger partial charge in [-0.15, -0.1) is 0 Å². The Bertz CT molecular complexity index is 670. The molecular formula is C15H19N3O3. The minimum absolute atomic E-state index is 0.0725. The Morgan fingerprint density at radius 3 is 2.67 bits per heavy atom. The van der Waals surface area contributed by atoms with Crippen LogP contribution in [0.4, 0.5) is 0 Å². The molecule has 0 unspecified atom stereocenters. The summed E-state index contributed by atoms with van der Waals surface area (Å²) in [6.07, 6.45) is 1.59. The molecule has 6 heteroatoms. The Morgan fingerprint density at radius 2 is 2.05 bits per heavy atom. The summed E-state index contributed by atoms with van der Waals surface area (Å²) in [4.78, 5) is 25.0. The largest absolute Gasteiger partial charge is 0.481 e. The van der Waals surface area contributed by atoms with Crippen molar-refractivity contribution < 1.29 is 14.7 Å². The molecule has 0 fully saturated rings.